The lowest BCUT2D eigenvalue weighted by Gasteiger charge is -2.30. The molecule has 0 saturated carbocycles. The first-order valence-electron chi connectivity index (χ1n) is 10.7. The number of para-hydroxylation sites is 2. The molecule has 0 amide bonds. The van der Waals surface area contributed by atoms with Crippen molar-refractivity contribution in [3.63, 3.8) is 0 Å². The van der Waals surface area contributed by atoms with Crippen LogP contribution in [-0.4, -0.2) is 14.2 Å². The molecule has 5 nitrogen and oxygen atoms in total. The molecule has 0 bridgehead atoms. The minimum absolute atomic E-state index is 0.433. The van der Waals surface area contributed by atoms with Crippen LogP contribution in [-0.2, 0) is 0 Å². The van der Waals surface area contributed by atoms with Crippen molar-refractivity contribution in [3.05, 3.63) is 106 Å². The summed E-state index contributed by atoms with van der Waals surface area (Å²) in [6.45, 7) is 0. The van der Waals surface area contributed by atoms with Crippen molar-refractivity contribution in [2.75, 3.05) is 14.2 Å². The predicted molar refractivity (Wildman–Crippen MR) is 127 cm³/mol. The van der Waals surface area contributed by atoms with E-state index in [0.29, 0.717) is 34.1 Å². The van der Waals surface area contributed by atoms with Gasteiger partial charge in [0.05, 0.1) is 31.1 Å². The molecule has 1 aliphatic rings. The van der Waals surface area contributed by atoms with Gasteiger partial charge >= 0.3 is 5.63 Å². The third-order valence-corrected chi connectivity index (χ3v) is 6.26. The van der Waals surface area contributed by atoms with Gasteiger partial charge in [-0.25, -0.2) is 4.79 Å². The van der Waals surface area contributed by atoms with Crippen molar-refractivity contribution >= 4 is 21.7 Å². The van der Waals surface area contributed by atoms with Crippen LogP contribution in [0.25, 0.3) is 21.7 Å². The molecule has 1 unspecified atom stereocenters. The van der Waals surface area contributed by atoms with E-state index in [2.05, 4.69) is 0 Å². The average molecular weight is 436 g/mol. The molecule has 0 aliphatic carbocycles. The SMILES string of the molecule is COc1cccc(C2c3c(c4ccccc4oc3=O)Oc3ccc4ccccc4c32)c1OC. The first-order chi connectivity index (χ1) is 16.2. The molecule has 4 aromatic carbocycles. The maximum atomic E-state index is 13.4. The molecule has 1 aliphatic heterocycles. The van der Waals surface area contributed by atoms with Crippen molar-refractivity contribution in [2.24, 2.45) is 0 Å². The van der Waals surface area contributed by atoms with Gasteiger partial charge in [-0.3, -0.25) is 0 Å². The van der Waals surface area contributed by atoms with Gasteiger partial charge in [0.1, 0.15) is 17.1 Å². The average Bonchev–Trinajstić information content (AvgIpc) is 2.86. The smallest absolute Gasteiger partial charge is 0.344 e. The highest BCUT2D eigenvalue weighted by Gasteiger charge is 2.37. The van der Waals surface area contributed by atoms with Gasteiger partial charge in [0.2, 0.25) is 0 Å². The fraction of sp³-hybridized carbons (Fsp3) is 0.107. The quantitative estimate of drug-likeness (QED) is 0.307. The summed E-state index contributed by atoms with van der Waals surface area (Å²) >= 11 is 0. The van der Waals surface area contributed by atoms with Crippen LogP contribution in [0.4, 0.5) is 0 Å². The molecule has 2 heterocycles. The lowest BCUT2D eigenvalue weighted by Crippen LogP contribution is -2.21. The van der Waals surface area contributed by atoms with E-state index in [-0.39, 0.29) is 0 Å². The fourth-order valence-corrected chi connectivity index (χ4v) is 4.86. The van der Waals surface area contributed by atoms with Crippen LogP contribution < -0.4 is 19.8 Å². The number of ether oxygens (including phenoxy) is 3. The third kappa shape index (κ3) is 2.82. The number of benzene rings is 4. The van der Waals surface area contributed by atoms with Gasteiger partial charge in [-0.1, -0.05) is 54.6 Å². The molecule has 1 aromatic heterocycles. The third-order valence-electron chi connectivity index (χ3n) is 6.26. The zero-order valence-corrected chi connectivity index (χ0v) is 18.1. The molecule has 0 spiro atoms. The molecule has 0 saturated heterocycles. The van der Waals surface area contributed by atoms with Gasteiger partial charge < -0.3 is 18.6 Å². The summed E-state index contributed by atoms with van der Waals surface area (Å²) in [6, 6.07) is 25.2. The van der Waals surface area contributed by atoms with Gasteiger partial charge in [0.15, 0.2) is 11.5 Å². The Morgan fingerprint density at radius 3 is 2.36 bits per heavy atom. The van der Waals surface area contributed by atoms with E-state index < -0.39 is 11.5 Å². The highest BCUT2D eigenvalue weighted by atomic mass is 16.5. The maximum Gasteiger partial charge on any atom is 0.344 e. The highest BCUT2D eigenvalue weighted by molar-refractivity contribution is 5.93. The van der Waals surface area contributed by atoms with Gasteiger partial charge in [-0.15, -0.1) is 0 Å². The highest BCUT2D eigenvalue weighted by Crippen LogP contribution is 2.53. The summed E-state index contributed by atoms with van der Waals surface area (Å²) in [5.74, 6) is 1.91. The van der Waals surface area contributed by atoms with Crippen LogP contribution in [0.1, 0.15) is 22.6 Å². The van der Waals surface area contributed by atoms with E-state index in [0.717, 1.165) is 27.3 Å². The lowest BCUT2D eigenvalue weighted by molar-refractivity contribution is 0.350. The van der Waals surface area contributed by atoms with Gasteiger partial charge in [-0.05, 0) is 35.0 Å². The monoisotopic (exact) mass is 436 g/mol. The largest absolute Gasteiger partial charge is 0.493 e. The molecule has 5 aromatic rings. The van der Waals surface area contributed by atoms with E-state index in [9.17, 15) is 4.79 Å². The van der Waals surface area contributed by atoms with Crippen molar-refractivity contribution in [2.45, 2.75) is 5.92 Å². The van der Waals surface area contributed by atoms with Crippen LogP contribution in [0.5, 0.6) is 23.0 Å². The van der Waals surface area contributed by atoms with Crippen LogP contribution >= 0.6 is 0 Å². The molecule has 162 valence electrons. The molecular formula is C28H20O5. The van der Waals surface area contributed by atoms with E-state index in [1.807, 2.05) is 72.8 Å². The second-order valence-electron chi connectivity index (χ2n) is 7.94. The fourth-order valence-electron chi connectivity index (χ4n) is 4.86. The van der Waals surface area contributed by atoms with Crippen LogP contribution in [0.3, 0.4) is 0 Å². The van der Waals surface area contributed by atoms with Crippen molar-refractivity contribution in [1.82, 2.24) is 0 Å². The number of methoxy groups -OCH3 is 2. The molecule has 5 heteroatoms. The summed E-state index contributed by atoms with van der Waals surface area (Å²) in [6.07, 6.45) is 0. The van der Waals surface area contributed by atoms with E-state index >= 15 is 0 Å². The molecule has 33 heavy (non-hydrogen) atoms. The van der Waals surface area contributed by atoms with E-state index in [4.69, 9.17) is 18.6 Å². The Morgan fingerprint density at radius 2 is 1.55 bits per heavy atom. The molecule has 6 rings (SSSR count). The standard InChI is InChI=1S/C28H20O5/c1-30-22-13-7-11-19(26(22)31-2)24-23-17-9-4-3-8-16(17)14-15-21(23)32-27-18-10-5-6-12-20(18)33-28(29)25(24)27/h3-15,24H,1-2H3. The minimum atomic E-state index is -0.472. The zero-order chi connectivity index (χ0) is 22.5. The van der Waals surface area contributed by atoms with Gasteiger partial charge in [0.25, 0.3) is 0 Å². The van der Waals surface area contributed by atoms with Crippen LogP contribution in [0.2, 0.25) is 0 Å². The van der Waals surface area contributed by atoms with Gasteiger partial charge in [-0.2, -0.15) is 0 Å². The summed E-state index contributed by atoms with van der Waals surface area (Å²) in [4.78, 5) is 13.4. The Labute approximate surface area is 189 Å². The zero-order valence-electron chi connectivity index (χ0n) is 18.1. The first kappa shape index (κ1) is 19.4. The van der Waals surface area contributed by atoms with Crippen LogP contribution in [0, 0.1) is 0 Å². The predicted octanol–water partition coefficient (Wildman–Crippen LogP) is 6.25. The van der Waals surface area contributed by atoms with Gasteiger partial charge in [0, 0.05) is 11.1 Å². The summed E-state index contributed by atoms with van der Waals surface area (Å²) in [5.41, 5.74) is 2.21. The Bertz CT molecular complexity index is 1600. The Morgan fingerprint density at radius 1 is 0.758 bits per heavy atom. The Kier molecular flexibility index (Phi) is 4.37. The molecule has 1 atom stereocenters. The summed E-state index contributed by atoms with van der Waals surface area (Å²) in [7, 11) is 3.21. The Hall–Kier alpha value is -4.25. The van der Waals surface area contributed by atoms with Crippen molar-refractivity contribution in [1.29, 1.82) is 0 Å². The van der Waals surface area contributed by atoms with E-state index in [1.165, 1.54) is 0 Å². The lowest BCUT2D eigenvalue weighted by atomic mass is 9.80. The normalized spacial score (nSPS) is 14.4. The molecule has 0 N–H and O–H groups in total. The summed E-state index contributed by atoms with van der Waals surface area (Å²) in [5, 5.41) is 2.81. The van der Waals surface area contributed by atoms with Crippen LogP contribution in [0.15, 0.2) is 88.1 Å². The summed E-state index contributed by atoms with van der Waals surface area (Å²) < 4.78 is 23.6. The molecular weight excluding hydrogens is 416 g/mol. The maximum absolute atomic E-state index is 13.4. The van der Waals surface area contributed by atoms with Crippen molar-refractivity contribution < 1.29 is 18.6 Å². The second kappa shape index (κ2) is 7.41. The Balaban J connectivity index is 1.78. The number of hydrogen-bond donors (Lipinski definition) is 0. The second-order valence-corrected chi connectivity index (χ2v) is 7.94. The van der Waals surface area contributed by atoms with E-state index in [1.54, 1.807) is 20.3 Å². The molecule has 0 fully saturated rings. The number of rotatable bonds is 3. The minimum Gasteiger partial charge on any atom is -0.493 e. The number of fused-ring (bicyclic) bond motifs is 6. The van der Waals surface area contributed by atoms with Crippen molar-refractivity contribution in [3.8, 4) is 23.0 Å². The first-order valence-corrected chi connectivity index (χ1v) is 10.7. The number of hydrogen-bond acceptors (Lipinski definition) is 5. The molecule has 0 radical (unpaired) electrons. The topological polar surface area (TPSA) is 57.9 Å².